The van der Waals surface area contributed by atoms with Gasteiger partial charge in [-0.05, 0) is 11.3 Å². The molecule has 0 N–H and O–H groups in total. The zero-order valence-corrected chi connectivity index (χ0v) is 13.3. The number of benzene rings is 1. The fourth-order valence-electron chi connectivity index (χ4n) is 2.76. The maximum atomic E-state index is 13.9. The van der Waals surface area contributed by atoms with E-state index >= 15 is 0 Å². The number of hydrogen-bond donors (Lipinski definition) is 0. The third-order valence-electron chi connectivity index (χ3n) is 4.71. The molecule has 1 fully saturated rings. The quantitative estimate of drug-likeness (QED) is 0.468. The molecular weight excluding hydrogens is 316 g/mol. The largest absolute Gasteiger partial charge is 0.460 e. The Hall–Kier alpha value is -1.63. The summed E-state index contributed by atoms with van der Waals surface area (Å²) in [5.41, 5.74) is -2.04. The fraction of sp³-hybridized carbons (Fsp3) is 0.562. The lowest BCUT2D eigenvalue weighted by Gasteiger charge is -2.12. The Labute approximate surface area is 131 Å². The zero-order valence-electron chi connectivity index (χ0n) is 13.3. The number of hydrogen-bond acceptors (Lipinski definition) is 3. The Balaban J connectivity index is 2.20. The normalized spacial score (nSPS) is 22.1. The van der Waals surface area contributed by atoms with Crippen LogP contribution in [0.1, 0.15) is 31.9 Å². The predicted molar refractivity (Wildman–Crippen MR) is 73.2 cm³/mol. The van der Waals surface area contributed by atoms with Crippen LogP contribution in [0.15, 0.2) is 0 Å². The van der Waals surface area contributed by atoms with Gasteiger partial charge in [-0.3, -0.25) is 4.79 Å². The van der Waals surface area contributed by atoms with E-state index in [2.05, 4.69) is 4.74 Å². The lowest BCUT2D eigenvalue weighted by Crippen LogP contribution is -2.15. The number of halogens is 4. The third kappa shape index (κ3) is 2.94. The van der Waals surface area contributed by atoms with Crippen molar-refractivity contribution in [2.45, 2.75) is 34.0 Å². The Morgan fingerprint density at radius 3 is 1.74 bits per heavy atom. The highest BCUT2D eigenvalue weighted by molar-refractivity contribution is 5.77. The van der Waals surface area contributed by atoms with Gasteiger partial charge in [0.25, 0.3) is 0 Å². The number of rotatable bonds is 5. The summed E-state index contributed by atoms with van der Waals surface area (Å²) in [5.74, 6) is -7.20. The highest BCUT2D eigenvalue weighted by atomic mass is 19.2. The topological polar surface area (TPSA) is 35.5 Å². The summed E-state index contributed by atoms with van der Waals surface area (Å²) in [6, 6.07) is 0. The van der Waals surface area contributed by atoms with Crippen LogP contribution in [0, 0.1) is 40.5 Å². The molecule has 1 aliphatic carbocycles. The van der Waals surface area contributed by atoms with Crippen molar-refractivity contribution in [3.8, 4) is 0 Å². The summed E-state index contributed by atoms with van der Waals surface area (Å²) in [6.07, 6.45) is 0. The molecule has 0 saturated heterocycles. The molecule has 0 amide bonds. The molecule has 1 aliphatic rings. The Morgan fingerprint density at radius 1 is 1.00 bits per heavy atom. The summed E-state index contributed by atoms with van der Waals surface area (Å²) < 4.78 is 64.7. The maximum Gasteiger partial charge on any atom is 0.310 e. The second-order valence-electron chi connectivity index (χ2n) is 6.34. The van der Waals surface area contributed by atoms with Gasteiger partial charge in [0.2, 0.25) is 0 Å². The number of carbonyl (C=O) groups excluding carboxylic acids is 1. The molecule has 1 aromatic rings. The van der Waals surface area contributed by atoms with Crippen LogP contribution in [-0.2, 0) is 27.5 Å². The lowest BCUT2D eigenvalue weighted by atomic mass is 10.1. The van der Waals surface area contributed by atoms with E-state index in [0.717, 1.165) is 7.11 Å². The van der Waals surface area contributed by atoms with E-state index in [1.807, 2.05) is 20.8 Å². The lowest BCUT2D eigenvalue weighted by molar-refractivity contribution is -0.147. The first-order valence-electron chi connectivity index (χ1n) is 7.13. The summed E-state index contributed by atoms with van der Waals surface area (Å²) in [7, 11) is 1.14. The fourth-order valence-corrected chi connectivity index (χ4v) is 2.76. The van der Waals surface area contributed by atoms with E-state index in [0.29, 0.717) is 0 Å². The smallest absolute Gasteiger partial charge is 0.310 e. The van der Waals surface area contributed by atoms with Crippen molar-refractivity contribution in [3.63, 3.8) is 0 Å². The van der Waals surface area contributed by atoms with Crippen LogP contribution in [-0.4, -0.2) is 13.1 Å². The molecule has 2 atom stereocenters. The highest BCUT2D eigenvalue weighted by Crippen LogP contribution is 2.58. The Bertz CT molecular complexity index is 614. The van der Waals surface area contributed by atoms with E-state index in [4.69, 9.17) is 4.74 Å². The highest BCUT2D eigenvalue weighted by Gasteiger charge is 2.59. The molecule has 0 aromatic heterocycles. The Kier molecular flexibility index (Phi) is 4.71. The van der Waals surface area contributed by atoms with Gasteiger partial charge in [0.15, 0.2) is 23.3 Å². The van der Waals surface area contributed by atoms with Gasteiger partial charge < -0.3 is 9.47 Å². The van der Waals surface area contributed by atoms with Crippen LogP contribution in [0.25, 0.3) is 0 Å². The summed E-state index contributed by atoms with van der Waals surface area (Å²) in [6.45, 7) is 4.11. The Morgan fingerprint density at radius 2 is 1.39 bits per heavy atom. The minimum atomic E-state index is -1.58. The number of esters is 1. The molecule has 0 bridgehead atoms. The van der Waals surface area contributed by atoms with Crippen molar-refractivity contribution in [2.75, 3.05) is 7.11 Å². The first-order valence-corrected chi connectivity index (χ1v) is 7.13. The van der Waals surface area contributed by atoms with Gasteiger partial charge in [-0.2, -0.15) is 0 Å². The molecule has 2 rings (SSSR count). The van der Waals surface area contributed by atoms with E-state index in [1.165, 1.54) is 0 Å². The van der Waals surface area contributed by atoms with Crippen molar-refractivity contribution in [3.05, 3.63) is 34.4 Å². The average molecular weight is 334 g/mol. The molecule has 1 saturated carbocycles. The van der Waals surface area contributed by atoms with Crippen LogP contribution >= 0.6 is 0 Å². The van der Waals surface area contributed by atoms with Crippen LogP contribution < -0.4 is 0 Å². The first kappa shape index (κ1) is 17.7. The molecule has 0 aliphatic heterocycles. The average Bonchev–Trinajstić information content (AvgIpc) is 2.99. The SMILES string of the molecule is COCc1c(F)c(F)c(COC(=O)[C@@H]2[C@@H](C)C2(C)C)c(F)c1F. The molecule has 23 heavy (non-hydrogen) atoms. The van der Waals surface area contributed by atoms with Gasteiger partial charge >= 0.3 is 5.97 Å². The monoisotopic (exact) mass is 334 g/mol. The number of carbonyl (C=O) groups is 1. The molecule has 3 nitrogen and oxygen atoms in total. The van der Waals surface area contributed by atoms with Crippen molar-refractivity contribution in [1.82, 2.24) is 0 Å². The minimum absolute atomic E-state index is 0.0715. The summed E-state index contributed by atoms with van der Waals surface area (Å²) >= 11 is 0. The van der Waals surface area contributed by atoms with E-state index in [9.17, 15) is 22.4 Å². The van der Waals surface area contributed by atoms with E-state index in [-0.39, 0.29) is 11.3 Å². The van der Waals surface area contributed by atoms with Crippen molar-refractivity contribution in [1.29, 1.82) is 0 Å². The van der Waals surface area contributed by atoms with Crippen LogP contribution in [0.3, 0.4) is 0 Å². The second kappa shape index (κ2) is 6.11. The van der Waals surface area contributed by atoms with Gasteiger partial charge in [-0.25, -0.2) is 17.6 Å². The summed E-state index contributed by atoms with van der Waals surface area (Å²) in [4.78, 5) is 11.9. The molecule has 0 heterocycles. The minimum Gasteiger partial charge on any atom is -0.460 e. The first-order chi connectivity index (χ1) is 10.6. The molecule has 0 unspecified atom stereocenters. The van der Waals surface area contributed by atoms with Crippen molar-refractivity contribution in [2.24, 2.45) is 17.3 Å². The van der Waals surface area contributed by atoms with E-state index < -0.39 is 59.5 Å². The van der Waals surface area contributed by atoms with Gasteiger partial charge in [0.1, 0.15) is 6.61 Å². The third-order valence-corrected chi connectivity index (χ3v) is 4.71. The van der Waals surface area contributed by atoms with Crippen molar-refractivity contribution < 1.29 is 31.8 Å². The number of ether oxygens (including phenoxy) is 2. The van der Waals surface area contributed by atoms with Gasteiger partial charge in [-0.15, -0.1) is 0 Å². The van der Waals surface area contributed by atoms with Gasteiger partial charge in [0.05, 0.1) is 23.7 Å². The van der Waals surface area contributed by atoms with Crippen molar-refractivity contribution >= 4 is 5.97 Å². The van der Waals surface area contributed by atoms with Crippen LogP contribution in [0.5, 0.6) is 0 Å². The molecule has 0 radical (unpaired) electrons. The molecule has 1 aromatic carbocycles. The molecule has 0 spiro atoms. The molecule has 7 heteroatoms. The standard InChI is InChI=1S/C16H18F4O3/c1-7-10(16(7,2)3)15(21)23-6-9-13(19)11(17)8(5-22-4)12(18)14(9)20/h7,10H,5-6H2,1-4H3/t7-,10+/m1/s1. The van der Waals surface area contributed by atoms with Gasteiger partial charge in [0, 0.05) is 7.11 Å². The summed E-state index contributed by atoms with van der Waals surface area (Å²) in [5, 5.41) is 0. The molecule has 128 valence electrons. The zero-order chi connectivity index (χ0) is 17.5. The number of methoxy groups -OCH3 is 1. The predicted octanol–water partition coefficient (Wildman–Crippen LogP) is 3.72. The van der Waals surface area contributed by atoms with Gasteiger partial charge in [-0.1, -0.05) is 20.8 Å². The second-order valence-corrected chi connectivity index (χ2v) is 6.34. The van der Waals surface area contributed by atoms with Crippen LogP contribution in [0.2, 0.25) is 0 Å². The van der Waals surface area contributed by atoms with E-state index in [1.54, 1.807) is 0 Å². The maximum absolute atomic E-state index is 13.9. The van der Waals surface area contributed by atoms with Crippen LogP contribution in [0.4, 0.5) is 17.6 Å². The molecular formula is C16H18F4O3.